The molecule has 0 radical (unpaired) electrons. The highest BCUT2D eigenvalue weighted by atomic mass is 32.2. The summed E-state index contributed by atoms with van der Waals surface area (Å²) in [5, 5.41) is 30.7. The summed E-state index contributed by atoms with van der Waals surface area (Å²) in [6.07, 6.45) is 15.9. The molecule has 0 aromatic carbocycles. The molecule has 1 aliphatic heterocycles. The van der Waals surface area contributed by atoms with Gasteiger partial charge in [-0.2, -0.15) is 8.42 Å². The Morgan fingerprint density at radius 1 is 0.600 bits per heavy atom. The van der Waals surface area contributed by atoms with E-state index in [9.17, 15) is 37.9 Å². The second kappa shape index (κ2) is 29.1. The maximum atomic E-state index is 12.7. The minimum atomic E-state index is -4.59. The summed E-state index contributed by atoms with van der Waals surface area (Å²) in [5.74, 6) is -1.97. The maximum Gasteiger partial charge on any atom is 0.306 e. The third-order valence-corrected chi connectivity index (χ3v) is 9.94. The average molecular weight is 739 g/mol. The van der Waals surface area contributed by atoms with Gasteiger partial charge in [-0.1, -0.05) is 142 Å². The second-order valence-corrected chi connectivity index (χ2v) is 15.5. The van der Waals surface area contributed by atoms with Crippen molar-refractivity contribution in [2.75, 3.05) is 19.0 Å². The van der Waals surface area contributed by atoms with Crippen LogP contribution in [-0.2, 0) is 38.7 Å². The minimum absolute atomic E-state index is 0.171. The molecule has 296 valence electrons. The number of carbonyl (C=O) groups is 2. The van der Waals surface area contributed by atoms with E-state index in [0.717, 1.165) is 38.5 Å². The molecular weight excluding hydrogens is 668 g/mol. The summed E-state index contributed by atoms with van der Waals surface area (Å²) in [6, 6.07) is 0. The van der Waals surface area contributed by atoms with Gasteiger partial charge in [0.05, 0.1) is 6.61 Å². The topological polar surface area (TPSA) is 186 Å². The average Bonchev–Trinajstić information content (AvgIpc) is 3.07. The Kier molecular flexibility index (Phi) is 27.2. The minimum Gasteiger partial charge on any atom is -0.462 e. The first-order chi connectivity index (χ1) is 24.0. The fourth-order valence-electron chi connectivity index (χ4n) is 6.09. The normalized spacial score (nSPS) is 21.6. The molecule has 0 aromatic rings. The number of unbranched alkanes of at least 4 members (excludes halogenated alkanes) is 20. The number of esters is 2. The molecule has 0 aliphatic carbocycles. The number of rotatable bonds is 32. The van der Waals surface area contributed by atoms with Crippen molar-refractivity contribution >= 4 is 22.1 Å². The zero-order valence-corrected chi connectivity index (χ0v) is 31.8. The van der Waals surface area contributed by atoms with E-state index in [4.69, 9.17) is 18.9 Å². The van der Waals surface area contributed by atoms with Crippen LogP contribution >= 0.6 is 0 Å². The lowest BCUT2D eigenvalue weighted by Crippen LogP contribution is -2.60. The summed E-state index contributed by atoms with van der Waals surface area (Å²) in [5.41, 5.74) is 0. The molecule has 1 fully saturated rings. The second-order valence-electron chi connectivity index (χ2n) is 14.0. The molecule has 12 nitrogen and oxygen atoms in total. The van der Waals surface area contributed by atoms with Crippen molar-refractivity contribution in [2.45, 2.75) is 205 Å². The zero-order chi connectivity index (χ0) is 37.0. The van der Waals surface area contributed by atoms with Crippen molar-refractivity contribution in [3.05, 3.63) is 0 Å². The van der Waals surface area contributed by atoms with Crippen LogP contribution in [-0.4, -0.2) is 96.0 Å². The van der Waals surface area contributed by atoms with Crippen molar-refractivity contribution in [3.63, 3.8) is 0 Å². The summed E-state index contributed by atoms with van der Waals surface area (Å²) in [7, 11) is -4.59. The lowest BCUT2D eigenvalue weighted by molar-refractivity contribution is -0.297. The number of aliphatic hydroxyl groups is 3. The van der Waals surface area contributed by atoms with E-state index in [2.05, 4.69) is 13.8 Å². The molecule has 0 spiro atoms. The predicted octanol–water partition coefficient (Wildman–Crippen LogP) is 6.56. The Balaban J connectivity index is 2.52. The SMILES string of the molecule is CCCCCCCCCCCCCC(=O)OC[C@@H](CO[C@H]1O[C@H](CS(=O)(=O)O)[C@@H](O)[C@H](O)[C@H]1O)OC(=O)CCCCCCCCCCCCC. The van der Waals surface area contributed by atoms with E-state index in [1.807, 2.05) is 0 Å². The highest BCUT2D eigenvalue weighted by molar-refractivity contribution is 7.85. The van der Waals surface area contributed by atoms with Gasteiger partial charge in [-0.25, -0.2) is 0 Å². The van der Waals surface area contributed by atoms with E-state index < -0.39 is 71.2 Å². The maximum absolute atomic E-state index is 12.7. The van der Waals surface area contributed by atoms with Gasteiger partial charge in [0.15, 0.2) is 12.4 Å². The standard InChI is InChI=1S/C37H70O12S/c1-3-5-7-9-11-13-15-17-19-21-23-25-32(38)46-27-30(48-33(39)26-24-22-20-18-16-14-12-10-8-6-4-2)28-47-37-36(42)35(41)34(40)31(49-37)29-50(43,44)45/h30-31,34-37,40-42H,3-29H2,1-2H3,(H,43,44,45)/t30-,31+,34+,35-,36+,37-/m0/s1. The van der Waals surface area contributed by atoms with Crippen LogP contribution in [0, 0.1) is 0 Å². The molecule has 0 aromatic heterocycles. The van der Waals surface area contributed by atoms with Crippen LogP contribution in [0.15, 0.2) is 0 Å². The van der Waals surface area contributed by atoms with Crippen LogP contribution in [0.1, 0.15) is 168 Å². The number of hydrogen-bond donors (Lipinski definition) is 4. The first kappa shape index (κ1) is 46.7. The molecule has 0 unspecified atom stereocenters. The summed E-state index contributed by atoms with van der Waals surface area (Å²) in [6.45, 7) is 3.72. The molecule has 1 heterocycles. The number of hydrogen-bond acceptors (Lipinski definition) is 11. The molecule has 1 saturated heterocycles. The van der Waals surface area contributed by atoms with Gasteiger partial charge in [-0.3, -0.25) is 14.1 Å². The van der Waals surface area contributed by atoms with Gasteiger partial charge in [-0.15, -0.1) is 0 Å². The molecule has 13 heteroatoms. The van der Waals surface area contributed by atoms with Crippen LogP contribution in [0.5, 0.6) is 0 Å². The Bertz CT molecular complexity index is 962. The molecule has 4 N–H and O–H groups in total. The quantitative estimate of drug-likeness (QED) is 0.0332. The Hall–Kier alpha value is -1.35. The monoisotopic (exact) mass is 738 g/mol. The first-order valence-corrected chi connectivity index (χ1v) is 21.2. The lowest BCUT2D eigenvalue weighted by Gasteiger charge is -2.40. The van der Waals surface area contributed by atoms with Gasteiger partial charge in [0.25, 0.3) is 10.1 Å². The summed E-state index contributed by atoms with van der Waals surface area (Å²) < 4.78 is 53.8. The van der Waals surface area contributed by atoms with Crippen LogP contribution in [0.2, 0.25) is 0 Å². The fourth-order valence-corrected chi connectivity index (χ4v) is 6.78. The number of aliphatic hydroxyl groups excluding tert-OH is 3. The molecule has 0 amide bonds. The zero-order valence-electron chi connectivity index (χ0n) is 31.0. The highest BCUT2D eigenvalue weighted by Crippen LogP contribution is 2.24. The van der Waals surface area contributed by atoms with Crippen LogP contribution in [0.4, 0.5) is 0 Å². The van der Waals surface area contributed by atoms with Crippen LogP contribution in [0.3, 0.4) is 0 Å². The first-order valence-electron chi connectivity index (χ1n) is 19.6. The van der Waals surface area contributed by atoms with Gasteiger partial charge >= 0.3 is 11.9 Å². The fraction of sp³-hybridized carbons (Fsp3) is 0.946. The molecular formula is C37H70O12S. The van der Waals surface area contributed by atoms with E-state index in [1.54, 1.807) is 0 Å². The van der Waals surface area contributed by atoms with Crippen LogP contribution in [0.25, 0.3) is 0 Å². The van der Waals surface area contributed by atoms with Crippen molar-refractivity contribution in [2.24, 2.45) is 0 Å². The van der Waals surface area contributed by atoms with E-state index >= 15 is 0 Å². The van der Waals surface area contributed by atoms with Crippen molar-refractivity contribution < 1.29 is 56.8 Å². The van der Waals surface area contributed by atoms with Gasteiger partial charge in [-0.05, 0) is 12.8 Å². The van der Waals surface area contributed by atoms with Crippen molar-refractivity contribution in [1.82, 2.24) is 0 Å². The molecule has 0 bridgehead atoms. The van der Waals surface area contributed by atoms with Crippen molar-refractivity contribution in [1.29, 1.82) is 0 Å². The van der Waals surface area contributed by atoms with Gasteiger partial charge in [0.2, 0.25) is 0 Å². The van der Waals surface area contributed by atoms with E-state index in [0.29, 0.717) is 12.8 Å². The smallest absolute Gasteiger partial charge is 0.306 e. The molecule has 50 heavy (non-hydrogen) atoms. The third kappa shape index (κ3) is 24.0. The van der Waals surface area contributed by atoms with Gasteiger partial charge < -0.3 is 34.3 Å². The highest BCUT2D eigenvalue weighted by Gasteiger charge is 2.46. The molecule has 1 rings (SSSR count). The van der Waals surface area contributed by atoms with Crippen LogP contribution < -0.4 is 0 Å². The lowest BCUT2D eigenvalue weighted by atomic mass is 10.00. The Labute approximate surface area is 302 Å². The number of carbonyl (C=O) groups excluding carboxylic acids is 2. The Morgan fingerprint density at radius 2 is 1.02 bits per heavy atom. The number of ether oxygens (including phenoxy) is 4. The molecule has 6 atom stereocenters. The van der Waals surface area contributed by atoms with E-state index in [-0.39, 0.29) is 19.4 Å². The predicted molar refractivity (Wildman–Crippen MR) is 192 cm³/mol. The molecule has 0 saturated carbocycles. The summed E-state index contributed by atoms with van der Waals surface area (Å²) in [4.78, 5) is 25.2. The van der Waals surface area contributed by atoms with E-state index in [1.165, 1.54) is 89.9 Å². The third-order valence-electron chi connectivity index (χ3n) is 9.19. The summed E-state index contributed by atoms with van der Waals surface area (Å²) >= 11 is 0. The van der Waals surface area contributed by atoms with Crippen molar-refractivity contribution in [3.8, 4) is 0 Å². The largest absolute Gasteiger partial charge is 0.462 e. The Morgan fingerprint density at radius 3 is 1.46 bits per heavy atom. The van der Waals surface area contributed by atoms with Gasteiger partial charge in [0.1, 0.15) is 36.8 Å². The molecule has 1 aliphatic rings. The van der Waals surface area contributed by atoms with Gasteiger partial charge in [0, 0.05) is 12.8 Å².